The van der Waals surface area contributed by atoms with Gasteiger partial charge in [0, 0.05) is 0 Å². The quantitative estimate of drug-likeness (QED) is 0.717. The molecule has 0 aromatic heterocycles. The average molecular weight is 395 g/mol. The normalized spacial score (nSPS) is 15.4. The Labute approximate surface area is 172 Å². The summed E-state index contributed by atoms with van der Waals surface area (Å²) in [6.07, 6.45) is 4.37. The van der Waals surface area contributed by atoms with Gasteiger partial charge in [-0.15, -0.1) is 0 Å². The van der Waals surface area contributed by atoms with Gasteiger partial charge in [0.25, 0.3) is 0 Å². The minimum absolute atomic E-state index is 0.166. The highest BCUT2D eigenvalue weighted by Crippen LogP contribution is 2.29. The Kier molecular flexibility index (Phi) is 6.91. The first kappa shape index (κ1) is 20.9. The Balaban J connectivity index is 1.66. The number of aryl methyl sites for hydroxylation is 1. The van der Waals surface area contributed by atoms with Crippen LogP contribution >= 0.6 is 0 Å². The largest absolute Gasteiger partial charge is 0.489 e. The van der Waals surface area contributed by atoms with Crippen LogP contribution in [0.1, 0.15) is 48.8 Å². The standard InChI is InChI=1S/C24H29NO4/c1-18-11-12-21(29-17-19-9-5-3-6-10-19)15-20(18)16-22(26)25-24(23(27)28-2)13-7-4-8-14-24/h3,5-6,9-12,15H,4,7-8,13-14,16-17H2,1-2H3,(H,25,26). The number of amides is 1. The first-order valence-electron chi connectivity index (χ1n) is 10.2. The molecule has 29 heavy (non-hydrogen) atoms. The number of esters is 1. The minimum atomic E-state index is -0.889. The van der Waals surface area contributed by atoms with Crippen molar-refractivity contribution in [3.05, 3.63) is 65.2 Å². The first-order chi connectivity index (χ1) is 14.0. The lowest BCUT2D eigenvalue weighted by atomic mass is 9.81. The molecular weight excluding hydrogens is 366 g/mol. The monoisotopic (exact) mass is 395 g/mol. The maximum atomic E-state index is 12.8. The van der Waals surface area contributed by atoms with E-state index in [0.717, 1.165) is 41.7 Å². The van der Waals surface area contributed by atoms with Gasteiger partial charge in [-0.3, -0.25) is 4.79 Å². The van der Waals surface area contributed by atoms with Crippen molar-refractivity contribution < 1.29 is 19.1 Å². The Morgan fingerprint density at radius 2 is 1.76 bits per heavy atom. The van der Waals surface area contributed by atoms with Gasteiger partial charge in [-0.05, 0) is 48.6 Å². The Hall–Kier alpha value is -2.82. The summed E-state index contributed by atoms with van der Waals surface area (Å²) in [5.41, 5.74) is 2.11. The molecule has 2 aromatic carbocycles. The van der Waals surface area contributed by atoms with Crippen LogP contribution in [-0.4, -0.2) is 24.5 Å². The predicted octanol–water partition coefficient (Wildman–Crippen LogP) is 4.11. The van der Waals surface area contributed by atoms with Crippen LogP contribution in [0.3, 0.4) is 0 Å². The molecule has 5 heteroatoms. The molecular formula is C24H29NO4. The zero-order valence-electron chi connectivity index (χ0n) is 17.2. The summed E-state index contributed by atoms with van der Waals surface area (Å²) < 4.78 is 10.9. The van der Waals surface area contributed by atoms with Crippen molar-refractivity contribution >= 4 is 11.9 Å². The molecule has 1 aliphatic rings. The second-order valence-electron chi connectivity index (χ2n) is 7.72. The highest BCUT2D eigenvalue weighted by molar-refractivity contribution is 5.89. The van der Waals surface area contributed by atoms with Crippen LogP contribution in [0.4, 0.5) is 0 Å². The van der Waals surface area contributed by atoms with E-state index < -0.39 is 5.54 Å². The fourth-order valence-corrected chi connectivity index (χ4v) is 3.88. The molecule has 3 rings (SSSR count). The molecule has 1 amide bonds. The molecule has 0 radical (unpaired) electrons. The lowest BCUT2D eigenvalue weighted by molar-refractivity contribution is -0.152. The van der Waals surface area contributed by atoms with Gasteiger partial charge < -0.3 is 14.8 Å². The Morgan fingerprint density at radius 3 is 2.45 bits per heavy atom. The summed E-state index contributed by atoms with van der Waals surface area (Å²) in [6.45, 7) is 2.45. The van der Waals surface area contributed by atoms with E-state index in [9.17, 15) is 9.59 Å². The zero-order chi connectivity index (χ0) is 20.7. The molecule has 0 bridgehead atoms. The maximum absolute atomic E-state index is 12.8. The van der Waals surface area contributed by atoms with Crippen molar-refractivity contribution in [1.29, 1.82) is 0 Å². The van der Waals surface area contributed by atoms with E-state index in [0.29, 0.717) is 19.4 Å². The van der Waals surface area contributed by atoms with Crippen LogP contribution < -0.4 is 10.1 Å². The second kappa shape index (κ2) is 9.59. The van der Waals surface area contributed by atoms with Crippen molar-refractivity contribution in [1.82, 2.24) is 5.32 Å². The van der Waals surface area contributed by atoms with Crippen molar-refractivity contribution in [2.24, 2.45) is 0 Å². The van der Waals surface area contributed by atoms with Crippen LogP contribution in [0.2, 0.25) is 0 Å². The third kappa shape index (κ3) is 5.37. The van der Waals surface area contributed by atoms with E-state index >= 15 is 0 Å². The highest BCUT2D eigenvalue weighted by atomic mass is 16.5. The fourth-order valence-electron chi connectivity index (χ4n) is 3.88. The molecule has 1 N–H and O–H groups in total. The van der Waals surface area contributed by atoms with Gasteiger partial charge in [-0.2, -0.15) is 0 Å². The second-order valence-corrected chi connectivity index (χ2v) is 7.72. The lowest BCUT2D eigenvalue weighted by Crippen LogP contribution is -2.56. The topological polar surface area (TPSA) is 64.6 Å². The number of benzene rings is 2. The molecule has 2 aromatic rings. The van der Waals surface area contributed by atoms with Gasteiger partial charge in [-0.25, -0.2) is 4.79 Å². The molecule has 0 heterocycles. The maximum Gasteiger partial charge on any atom is 0.331 e. The number of hydrogen-bond acceptors (Lipinski definition) is 4. The number of hydrogen-bond donors (Lipinski definition) is 1. The van der Waals surface area contributed by atoms with Crippen molar-refractivity contribution in [3.63, 3.8) is 0 Å². The number of methoxy groups -OCH3 is 1. The third-order valence-corrected chi connectivity index (χ3v) is 5.58. The number of ether oxygens (including phenoxy) is 2. The van der Waals surface area contributed by atoms with Gasteiger partial charge in [0.2, 0.25) is 5.91 Å². The van der Waals surface area contributed by atoms with Crippen molar-refractivity contribution in [3.8, 4) is 5.75 Å². The van der Waals surface area contributed by atoms with Crippen molar-refractivity contribution in [2.75, 3.05) is 7.11 Å². The molecule has 1 saturated carbocycles. The molecule has 1 fully saturated rings. The smallest absolute Gasteiger partial charge is 0.331 e. The number of carbonyl (C=O) groups is 2. The van der Waals surface area contributed by atoms with E-state index in [-0.39, 0.29) is 18.3 Å². The number of carbonyl (C=O) groups excluding carboxylic acids is 2. The first-order valence-corrected chi connectivity index (χ1v) is 10.2. The molecule has 0 aliphatic heterocycles. The molecule has 0 spiro atoms. The van der Waals surface area contributed by atoms with Gasteiger partial charge >= 0.3 is 5.97 Å². The average Bonchev–Trinajstić information content (AvgIpc) is 2.75. The van der Waals surface area contributed by atoms with Gasteiger partial charge in [-0.1, -0.05) is 55.7 Å². The van der Waals surface area contributed by atoms with E-state index in [1.54, 1.807) is 0 Å². The van der Waals surface area contributed by atoms with Gasteiger partial charge in [0.15, 0.2) is 0 Å². The van der Waals surface area contributed by atoms with Crippen LogP contribution in [-0.2, 0) is 27.4 Å². The predicted molar refractivity (Wildman–Crippen MR) is 112 cm³/mol. The van der Waals surface area contributed by atoms with E-state index in [1.165, 1.54) is 7.11 Å². The summed E-state index contributed by atoms with van der Waals surface area (Å²) >= 11 is 0. The van der Waals surface area contributed by atoms with Crippen LogP contribution in [0.15, 0.2) is 48.5 Å². The Bertz CT molecular complexity index is 841. The minimum Gasteiger partial charge on any atom is -0.489 e. The van der Waals surface area contributed by atoms with E-state index in [1.807, 2.05) is 55.5 Å². The highest BCUT2D eigenvalue weighted by Gasteiger charge is 2.41. The summed E-state index contributed by atoms with van der Waals surface area (Å²) in [4.78, 5) is 25.2. The summed E-state index contributed by atoms with van der Waals surface area (Å²) in [7, 11) is 1.38. The van der Waals surface area contributed by atoms with E-state index in [2.05, 4.69) is 5.32 Å². The molecule has 0 unspecified atom stereocenters. The van der Waals surface area contributed by atoms with Crippen LogP contribution in [0.5, 0.6) is 5.75 Å². The van der Waals surface area contributed by atoms with Crippen LogP contribution in [0, 0.1) is 6.92 Å². The summed E-state index contributed by atoms with van der Waals surface area (Å²) in [5, 5.41) is 2.98. The Morgan fingerprint density at radius 1 is 1.03 bits per heavy atom. The summed E-state index contributed by atoms with van der Waals surface area (Å²) in [5.74, 6) is 0.213. The molecule has 5 nitrogen and oxygen atoms in total. The molecule has 0 atom stereocenters. The SMILES string of the molecule is COC(=O)C1(NC(=O)Cc2cc(OCc3ccccc3)ccc2C)CCCCC1. The van der Waals surface area contributed by atoms with Crippen molar-refractivity contribution in [2.45, 2.75) is 57.6 Å². The third-order valence-electron chi connectivity index (χ3n) is 5.58. The van der Waals surface area contributed by atoms with E-state index in [4.69, 9.17) is 9.47 Å². The van der Waals surface area contributed by atoms with Gasteiger partial charge in [0.1, 0.15) is 17.9 Å². The fraction of sp³-hybridized carbons (Fsp3) is 0.417. The molecule has 154 valence electrons. The van der Waals surface area contributed by atoms with Crippen LogP contribution in [0.25, 0.3) is 0 Å². The van der Waals surface area contributed by atoms with Gasteiger partial charge in [0.05, 0.1) is 13.5 Å². The molecule has 1 aliphatic carbocycles. The number of nitrogens with one attached hydrogen (secondary N) is 1. The summed E-state index contributed by atoms with van der Waals surface area (Å²) in [6, 6.07) is 15.7. The molecule has 0 saturated heterocycles. The lowest BCUT2D eigenvalue weighted by Gasteiger charge is -2.35. The number of rotatable bonds is 7. The zero-order valence-corrected chi connectivity index (χ0v) is 17.2.